The molecule has 0 unspecified atom stereocenters. The molecule has 0 atom stereocenters. The van der Waals surface area contributed by atoms with Crippen molar-refractivity contribution >= 4 is 17.3 Å². The van der Waals surface area contributed by atoms with Gasteiger partial charge in [0.25, 0.3) is 0 Å². The van der Waals surface area contributed by atoms with Gasteiger partial charge in [0, 0.05) is 6.42 Å². The molecule has 2 rings (SSSR count). The standard InChI is InChI=1S/C18H22N2O3/c1-13-9-10-17(22-2)15(12-13)20-18(21)8-5-11-23-16-7-4-3-6-14(16)19/h3-4,6-7,9-10,12H,5,8,11,19H2,1-2H3,(H,20,21). The summed E-state index contributed by atoms with van der Waals surface area (Å²) < 4.78 is 10.8. The summed E-state index contributed by atoms with van der Waals surface area (Å²) in [4.78, 5) is 12.0. The Balaban J connectivity index is 1.80. The molecule has 0 heterocycles. The van der Waals surface area contributed by atoms with Gasteiger partial charge in [-0.25, -0.2) is 0 Å². The number of rotatable bonds is 7. The number of methoxy groups -OCH3 is 1. The summed E-state index contributed by atoms with van der Waals surface area (Å²) in [5.74, 6) is 1.23. The van der Waals surface area contributed by atoms with E-state index in [-0.39, 0.29) is 5.91 Å². The molecule has 122 valence electrons. The molecule has 2 aromatic carbocycles. The Morgan fingerprint density at radius 2 is 1.96 bits per heavy atom. The molecule has 0 saturated heterocycles. The second kappa shape index (κ2) is 8.08. The zero-order valence-corrected chi connectivity index (χ0v) is 13.5. The van der Waals surface area contributed by atoms with E-state index < -0.39 is 0 Å². The van der Waals surface area contributed by atoms with E-state index in [9.17, 15) is 4.79 Å². The first-order valence-electron chi connectivity index (χ1n) is 7.52. The molecule has 1 amide bonds. The van der Waals surface area contributed by atoms with Crippen LogP contribution in [0, 0.1) is 6.92 Å². The molecule has 0 radical (unpaired) electrons. The third kappa shape index (κ3) is 4.92. The molecule has 5 heteroatoms. The van der Waals surface area contributed by atoms with E-state index in [4.69, 9.17) is 15.2 Å². The maximum Gasteiger partial charge on any atom is 0.224 e. The Kier molecular flexibility index (Phi) is 5.86. The Bertz CT molecular complexity index is 671. The molecule has 0 aliphatic rings. The van der Waals surface area contributed by atoms with Crippen molar-refractivity contribution in [2.75, 3.05) is 24.8 Å². The van der Waals surface area contributed by atoms with Crippen molar-refractivity contribution < 1.29 is 14.3 Å². The lowest BCUT2D eigenvalue weighted by Crippen LogP contribution is -2.13. The van der Waals surface area contributed by atoms with Gasteiger partial charge < -0.3 is 20.5 Å². The predicted octanol–water partition coefficient (Wildman–Crippen LogP) is 3.38. The molecule has 0 spiro atoms. The fourth-order valence-corrected chi connectivity index (χ4v) is 2.16. The highest BCUT2D eigenvalue weighted by atomic mass is 16.5. The van der Waals surface area contributed by atoms with Gasteiger partial charge in [-0.1, -0.05) is 18.2 Å². The normalized spacial score (nSPS) is 10.2. The van der Waals surface area contributed by atoms with Crippen LogP contribution >= 0.6 is 0 Å². The van der Waals surface area contributed by atoms with Crippen LogP contribution in [0.1, 0.15) is 18.4 Å². The summed E-state index contributed by atoms with van der Waals surface area (Å²) in [5.41, 5.74) is 8.14. The minimum atomic E-state index is -0.0708. The van der Waals surface area contributed by atoms with Crippen LogP contribution in [-0.4, -0.2) is 19.6 Å². The predicted molar refractivity (Wildman–Crippen MR) is 91.9 cm³/mol. The van der Waals surface area contributed by atoms with Crippen LogP contribution in [0.5, 0.6) is 11.5 Å². The molecule has 0 aromatic heterocycles. The third-order valence-corrected chi connectivity index (χ3v) is 3.35. The van der Waals surface area contributed by atoms with Crippen LogP contribution in [0.15, 0.2) is 42.5 Å². The number of benzene rings is 2. The van der Waals surface area contributed by atoms with Crippen LogP contribution in [-0.2, 0) is 4.79 Å². The van der Waals surface area contributed by atoms with Crippen LogP contribution < -0.4 is 20.5 Å². The Morgan fingerprint density at radius 1 is 1.17 bits per heavy atom. The fourth-order valence-electron chi connectivity index (χ4n) is 2.16. The van der Waals surface area contributed by atoms with Crippen molar-refractivity contribution in [3.8, 4) is 11.5 Å². The van der Waals surface area contributed by atoms with E-state index in [0.717, 1.165) is 5.56 Å². The van der Waals surface area contributed by atoms with E-state index in [0.29, 0.717) is 42.3 Å². The van der Waals surface area contributed by atoms with E-state index >= 15 is 0 Å². The number of hydrogen-bond donors (Lipinski definition) is 2. The molecule has 3 N–H and O–H groups in total. The van der Waals surface area contributed by atoms with Gasteiger partial charge >= 0.3 is 0 Å². The second-order valence-corrected chi connectivity index (χ2v) is 5.24. The smallest absolute Gasteiger partial charge is 0.224 e. The van der Waals surface area contributed by atoms with Crippen LogP contribution in [0.3, 0.4) is 0 Å². The summed E-state index contributed by atoms with van der Waals surface area (Å²) in [6.45, 7) is 2.40. The lowest BCUT2D eigenvalue weighted by atomic mass is 10.2. The van der Waals surface area contributed by atoms with E-state index in [1.54, 1.807) is 13.2 Å². The number of aryl methyl sites for hydroxylation is 1. The van der Waals surface area contributed by atoms with E-state index in [1.165, 1.54) is 0 Å². The quantitative estimate of drug-likeness (QED) is 0.607. The van der Waals surface area contributed by atoms with Gasteiger partial charge in [0.2, 0.25) is 5.91 Å². The lowest BCUT2D eigenvalue weighted by Gasteiger charge is -2.11. The number of anilines is 2. The molecular weight excluding hydrogens is 292 g/mol. The number of nitrogens with two attached hydrogens (primary N) is 1. The van der Waals surface area contributed by atoms with Gasteiger partial charge in [-0.3, -0.25) is 4.79 Å². The van der Waals surface area contributed by atoms with Gasteiger partial charge in [-0.2, -0.15) is 0 Å². The SMILES string of the molecule is COc1ccc(C)cc1NC(=O)CCCOc1ccccc1N. The summed E-state index contributed by atoms with van der Waals surface area (Å²) in [6.07, 6.45) is 0.970. The topological polar surface area (TPSA) is 73.6 Å². The van der Waals surface area contributed by atoms with E-state index in [2.05, 4.69) is 5.32 Å². The Hall–Kier alpha value is -2.69. The number of nitrogens with one attached hydrogen (secondary N) is 1. The first-order chi connectivity index (χ1) is 11.1. The molecular formula is C18H22N2O3. The zero-order valence-electron chi connectivity index (χ0n) is 13.5. The van der Waals surface area contributed by atoms with Gasteiger partial charge in [-0.15, -0.1) is 0 Å². The summed E-state index contributed by atoms with van der Waals surface area (Å²) >= 11 is 0. The average molecular weight is 314 g/mol. The summed E-state index contributed by atoms with van der Waals surface area (Å²) in [6, 6.07) is 13.0. The van der Waals surface area contributed by atoms with Crippen molar-refractivity contribution in [2.24, 2.45) is 0 Å². The second-order valence-electron chi connectivity index (χ2n) is 5.24. The van der Waals surface area contributed by atoms with Gasteiger partial charge in [0.1, 0.15) is 11.5 Å². The minimum absolute atomic E-state index is 0.0708. The largest absolute Gasteiger partial charge is 0.495 e. The molecule has 2 aromatic rings. The minimum Gasteiger partial charge on any atom is -0.495 e. The monoisotopic (exact) mass is 314 g/mol. The van der Waals surface area contributed by atoms with Crippen molar-refractivity contribution in [1.82, 2.24) is 0 Å². The molecule has 0 aliphatic heterocycles. The Labute approximate surface area is 136 Å². The fraction of sp³-hybridized carbons (Fsp3) is 0.278. The number of para-hydroxylation sites is 2. The number of carbonyl (C=O) groups is 1. The zero-order chi connectivity index (χ0) is 16.7. The number of hydrogen-bond acceptors (Lipinski definition) is 4. The molecule has 23 heavy (non-hydrogen) atoms. The number of carbonyl (C=O) groups excluding carboxylic acids is 1. The molecule has 0 bridgehead atoms. The third-order valence-electron chi connectivity index (χ3n) is 3.35. The van der Waals surface area contributed by atoms with Crippen LogP contribution in [0.25, 0.3) is 0 Å². The van der Waals surface area contributed by atoms with Crippen LogP contribution in [0.4, 0.5) is 11.4 Å². The summed E-state index contributed by atoms with van der Waals surface area (Å²) in [5, 5.41) is 2.87. The molecule has 0 fully saturated rings. The first-order valence-corrected chi connectivity index (χ1v) is 7.52. The van der Waals surface area contributed by atoms with Crippen molar-refractivity contribution in [3.05, 3.63) is 48.0 Å². The van der Waals surface area contributed by atoms with Crippen molar-refractivity contribution in [1.29, 1.82) is 0 Å². The maximum atomic E-state index is 12.0. The van der Waals surface area contributed by atoms with Gasteiger partial charge in [0.05, 0.1) is 25.1 Å². The number of ether oxygens (including phenoxy) is 2. The first kappa shape index (κ1) is 16.7. The van der Waals surface area contributed by atoms with Gasteiger partial charge in [-0.05, 0) is 43.2 Å². The highest BCUT2D eigenvalue weighted by Crippen LogP contribution is 2.25. The molecule has 0 saturated carbocycles. The van der Waals surface area contributed by atoms with Gasteiger partial charge in [0.15, 0.2) is 0 Å². The Morgan fingerprint density at radius 3 is 2.70 bits per heavy atom. The van der Waals surface area contributed by atoms with E-state index in [1.807, 2.05) is 43.3 Å². The molecule has 0 aliphatic carbocycles. The van der Waals surface area contributed by atoms with Crippen molar-refractivity contribution in [3.63, 3.8) is 0 Å². The lowest BCUT2D eigenvalue weighted by molar-refractivity contribution is -0.116. The number of nitrogen functional groups attached to an aromatic ring is 1. The molecule has 5 nitrogen and oxygen atoms in total. The highest BCUT2D eigenvalue weighted by Gasteiger charge is 2.08. The average Bonchev–Trinajstić information content (AvgIpc) is 2.53. The number of amides is 1. The maximum absolute atomic E-state index is 12.0. The van der Waals surface area contributed by atoms with Crippen LogP contribution in [0.2, 0.25) is 0 Å². The highest BCUT2D eigenvalue weighted by molar-refractivity contribution is 5.92. The van der Waals surface area contributed by atoms with Crippen molar-refractivity contribution in [2.45, 2.75) is 19.8 Å². The summed E-state index contributed by atoms with van der Waals surface area (Å²) in [7, 11) is 1.58.